The molecule has 1 aromatic heterocycles. The lowest BCUT2D eigenvalue weighted by atomic mass is 10.3. The highest BCUT2D eigenvalue weighted by Gasteiger charge is 2.01. The Balaban J connectivity index is 2.03. The van der Waals surface area contributed by atoms with Gasteiger partial charge in [0.1, 0.15) is 18.2 Å². The molecule has 0 aliphatic rings. The molecule has 0 N–H and O–H groups in total. The first-order chi connectivity index (χ1) is 9.04. The van der Waals surface area contributed by atoms with Gasteiger partial charge >= 0.3 is 0 Å². The second-order valence-electron chi connectivity index (χ2n) is 4.04. The van der Waals surface area contributed by atoms with Gasteiger partial charge in [-0.1, -0.05) is 0 Å². The van der Waals surface area contributed by atoms with Crippen molar-refractivity contribution in [3.8, 4) is 5.75 Å². The van der Waals surface area contributed by atoms with Crippen LogP contribution in [0.3, 0.4) is 0 Å². The first-order valence-electron chi connectivity index (χ1n) is 5.68. The number of hydrogen-bond donors (Lipinski definition) is 0. The molecule has 2 aromatic rings. The van der Waals surface area contributed by atoms with E-state index in [1.165, 1.54) is 12.1 Å². The molecule has 1 aromatic carbocycles. The maximum Gasteiger partial charge on any atom is 0.130 e. The zero-order valence-electron chi connectivity index (χ0n) is 10.6. The van der Waals surface area contributed by atoms with E-state index in [0.29, 0.717) is 18.2 Å². The molecule has 0 bridgehead atoms. The van der Waals surface area contributed by atoms with Crippen molar-refractivity contribution in [1.82, 2.24) is 9.97 Å². The molecule has 0 fully saturated rings. The summed E-state index contributed by atoms with van der Waals surface area (Å²) in [6.07, 6.45) is 0. The highest BCUT2D eigenvalue weighted by molar-refractivity contribution is 7.79. The summed E-state index contributed by atoms with van der Waals surface area (Å²) in [7, 11) is 0. The van der Waals surface area contributed by atoms with Crippen LogP contribution < -0.4 is 4.74 Å². The quantitative estimate of drug-likeness (QED) is 0.798. The van der Waals surface area contributed by atoms with Crippen LogP contribution in [0.25, 0.3) is 0 Å². The lowest BCUT2D eigenvalue weighted by molar-refractivity contribution is 0.300. The Morgan fingerprint density at radius 3 is 2.47 bits per heavy atom. The van der Waals surface area contributed by atoms with E-state index < -0.39 is 11.1 Å². The molecule has 0 amide bonds. The summed E-state index contributed by atoms with van der Waals surface area (Å²) in [6, 6.07) is 8.08. The van der Waals surface area contributed by atoms with Crippen molar-refractivity contribution >= 4 is 11.1 Å². The summed E-state index contributed by atoms with van der Waals surface area (Å²) in [5, 5.41) is 0. The summed E-state index contributed by atoms with van der Waals surface area (Å²) < 4.78 is 27.0. The van der Waals surface area contributed by atoms with Crippen molar-refractivity contribution in [3.63, 3.8) is 0 Å². The summed E-state index contributed by atoms with van der Waals surface area (Å²) in [6.45, 7) is 4.05. The lowest BCUT2D eigenvalue weighted by Crippen LogP contribution is -2.02. The predicted octanol–water partition coefficient (Wildman–Crippen LogP) is 1.91. The third kappa shape index (κ3) is 3.84. The Hall–Kier alpha value is -1.79. The maximum absolute atomic E-state index is 10.7. The van der Waals surface area contributed by atoms with Gasteiger partial charge < -0.3 is 9.29 Å². The summed E-state index contributed by atoms with van der Waals surface area (Å²) >= 11 is -2.21. The van der Waals surface area contributed by atoms with Crippen LogP contribution in [0, 0.1) is 13.8 Å². The molecule has 100 valence electrons. The molecule has 0 spiro atoms. The Morgan fingerprint density at radius 2 is 1.89 bits per heavy atom. The molecule has 1 atom stereocenters. The van der Waals surface area contributed by atoms with Crippen molar-refractivity contribution < 1.29 is 13.5 Å². The van der Waals surface area contributed by atoms with Crippen molar-refractivity contribution in [2.24, 2.45) is 0 Å². The zero-order chi connectivity index (χ0) is 13.8. The second kappa shape index (κ2) is 5.90. The molecule has 0 saturated carbocycles. The molecule has 19 heavy (non-hydrogen) atoms. The first kappa shape index (κ1) is 13.6. The first-order valence-corrected chi connectivity index (χ1v) is 6.75. The van der Waals surface area contributed by atoms with Crippen LogP contribution >= 0.6 is 0 Å². The predicted molar refractivity (Wildman–Crippen MR) is 69.5 cm³/mol. The number of benzene rings is 1. The van der Waals surface area contributed by atoms with Gasteiger partial charge in [0.25, 0.3) is 0 Å². The van der Waals surface area contributed by atoms with Gasteiger partial charge in [0.2, 0.25) is 0 Å². The number of aryl methyl sites for hydroxylation is 2. The smallest absolute Gasteiger partial charge is 0.130 e. The van der Waals surface area contributed by atoms with Gasteiger partial charge in [0, 0.05) is 10.6 Å². The van der Waals surface area contributed by atoms with E-state index in [1.807, 2.05) is 19.9 Å². The summed E-state index contributed by atoms with van der Waals surface area (Å²) in [5.74, 6) is 1.30. The minimum atomic E-state index is -2.21. The Labute approximate surface area is 114 Å². The van der Waals surface area contributed by atoms with Crippen LogP contribution in [0.4, 0.5) is 0 Å². The van der Waals surface area contributed by atoms with Crippen LogP contribution in [-0.4, -0.2) is 18.7 Å². The normalized spacial score (nSPS) is 12.2. The van der Waals surface area contributed by atoms with E-state index in [9.17, 15) is 8.76 Å². The second-order valence-corrected chi connectivity index (χ2v) is 4.98. The lowest BCUT2D eigenvalue weighted by Gasteiger charge is -2.09. The van der Waals surface area contributed by atoms with E-state index in [-0.39, 0.29) is 4.90 Å². The number of ether oxygens (including phenoxy) is 1. The Morgan fingerprint density at radius 1 is 1.21 bits per heavy atom. The van der Waals surface area contributed by atoms with Gasteiger partial charge in [0.15, 0.2) is 0 Å². The third-order valence-corrected chi connectivity index (χ3v) is 3.08. The fourth-order valence-corrected chi connectivity index (χ4v) is 2.03. The standard InChI is InChI=1S/C13H14N2O3S/c1-9-7-11(15-10(2)14-9)8-18-12-3-5-13(6-4-12)19(16)17/h3-7H,8H2,1-2H3,(H,16,17)/p-1. The van der Waals surface area contributed by atoms with Gasteiger partial charge in [-0.05, 0) is 55.3 Å². The SMILES string of the molecule is Cc1cc(COc2ccc(S(=O)[O-])cc2)nc(C)n1. The zero-order valence-corrected chi connectivity index (χ0v) is 11.4. The topological polar surface area (TPSA) is 75.1 Å². The fraction of sp³-hybridized carbons (Fsp3) is 0.231. The van der Waals surface area contributed by atoms with Crippen LogP contribution in [0.5, 0.6) is 5.75 Å². The van der Waals surface area contributed by atoms with Crippen LogP contribution in [0.2, 0.25) is 0 Å². The molecule has 0 radical (unpaired) electrons. The average molecular weight is 277 g/mol. The molecular weight excluding hydrogens is 264 g/mol. The fourth-order valence-electron chi connectivity index (χ4n) is 1.67. The van der Waals surface area contributed by atoms with Crippen LogP contribution in [0.1, 0.15) is 17.2 Å². The molecule has 0 aliphatic heterocycles. The molecule has 0 saturated heterocycles. The highest BCUT2D eigenvalue weighted by Crippen LogP contribution is 2.15. The van der Waals surface area contributed by atoms with E-state index in [0.717, 1.165) is 11.4 Å². The summed E-state index contributed by atoms with van der Waals surface area (Å²) in [4.78, 5) is 8.68. The number of rotatable bonds is 4. The number of aromatic nitrogens is 2. The van der Waals surface area contributed by atoms with Gasteiger partial charge in [-0.3, -0.25) is 4.21 Å². The van der Waals surface area contributed by atoms with Crippen molar-refractivity contribution in [2.45, 2.75) is 25.3 Å². The maximum atomic E-state index is 10.7. The number of nitrogens with zero attached hydrogens (tertiary/aromatic N) is 2. The number of hydrogen-bond acceptors (Lipinski definition) is 5. The van der Waals surface area contributed by atoms with E-state index in [2.05, 4.69) is 9.97 Å². The molecule has 1 heterocycles. The highest BCUT2D eigenvalue weighted by atomic mass is 32.2. The van der Waals surface area contributed by atoms with Crippen LogP contribution in [-0.2, 0) is 17.7 Å². The molecular formula is C13H13N2O3S-. The van der Waals surface area contributed by atoms with Crippen LogP contribution in [0.15, 0.2) is 35.2 Å². The van der Waals surface area contributed by atoms with Gasteiger partial charge in [0.05, 0.1) is 5.69 Å². The molecule has 6 heteroatoms. The van der Waals surface area contributed by atoms with E-state index in [1.54, 1.807) is 12.1 Å². The van der Waals surface area contributed by atoms with E-state index in [4.69, 9.17) is 4.74 Å². The molecule has 1 unspecified atom stereocenters. The molecule has 2 rings (SSSR count). The van der Waals surface area contributed by atoms with Crippen molar-refractivity contribution in [1.29, 1.82) is 0 Å². The Bertz CT molecular complexity index is 579. The largest absolute Gasteiger partial charge is 0.768 e. The van der Waals surface area contributed by atoms with Gasteiger partial charge in [-0.25, -0.2) is 9.97 Å². The van der Waals surface area contributed by atoms with Crippen molar-refractivity contribution in [3.05, 3.63) is 47.5 Å². The van der Waals surface area contributed by atoms with Gasteiger partial charge in [-0.2, -0.15) is 0 Å². The molecule has 0 aliphatic carbocycles. The monoisotopic (exact) mass is 277 g/mol. The van der Waals surface area contributed by atoms with Gasteiger partial charge in [-0.15, -0.1) is 0 Å². The third-order valence-electron chi connectivity index (χ3n) is 2.42. The minimum Gasteiger partial charge on any atom is -0.768 e. The minimum absolute atomic E-state index is 0.237. The molecule has 5 nitrogen and oxygen atoms in total. The summed E-state index contributed by atoms with van der Waals surface area (Å²) in [5.41, 5.74) is 1.68. The van der Waals surface area contributed by atoms with E-state index >= 15 is 0 Å². The average Bonchev–Trinajstić information content (AvgIpc) is 2.36. The van der Waals surface area contributed by atoms with Crippen molar-refractivity contribution in [2.75, 3.05) is 0 Å². The Kier molecular flexibility index (Phi) is 4.24.